The SMILES string of the molecule is CC/C(=N/NS(=O)(=O)c1ccccc1)c1ccc(OC)cc1. The van der Waals surface area contributed by atoms with Crippen LogP contribution in [-0.2, 0) is 10.0 Å². The van der Waals surface area contributed by atoms with Gasteiger partial charge in [-0.15, -0.1) is 0 Å². The molecule has 0 unspecified atom stereocenters. The van der Waals surface area contributed by atoms with Crippen molar-refractivity contribution in [3.05, 3.63) is 60.2 Å². The molecule has 2 aromatic rings. The van der Waals surface area contributed by atoms with Gasteiger partial charge in [-0.1, -0.05) is 25.1 Å². The van der Waals surface area contributed by atoms with Crippen LogP contribution in [0.2, 0.25) is 0 Å². The predicted octanol–water partition coefficient (Wildman–Crippen LogP) is 2.79. The van der Waals surface area contributed by atoms with Gasteiger partial charge < -0.3 is 4.74 Å². The fraction of sp³-hybridized carbons (Fsp3) is 0.188. The lowest BCUT2D eigenvalue weighted by Gasteiger charge is -2.08. The highest BCUT2D eigenvalue weighted by Gasteiger charge is 2.12. The van der Waals surface area contributed by atoms with Gasteiger partial charge in [0.1, 0.15) is 5.75 Å². The minimum absolute atomic E-state index is 0.184. The van der Waals surface area contributed by atoms with Crippen molar-refractivity contribution in [1.29, 1.82) is 0 Å². The van der Waals surface area contributed by atoms with Crippen molar-refractivity contribution in [2.24, 2.45) is 5.10 Å². The van der Waals surface area contributed by atoms with E-state index in [9.17, 15) is 8.42 Å². The van der Waals surface area contributed by atoms with E-state index in [2.05, 4.69) is 9.93 Å². The van der Waals surface area contributed by atoms with E-state index < -0.39 is 10.0 Å². The van der Waals surface area contributed by atoms with Crippen molar-refractivity contribution in [2.75, 3.05) is 7.11 Å². The minimum Gasteiger partial charge on any atom is -0.497 e. The Bertz CT molecular complexity index is 739. The molecule has 0 aliphatic rings. The molecule has 0 aliphatic heterocycles. The monoisotopic (exact) mass is 318 g/mol. The van der Waals surface area contributed by atoms with Crippen LogP contribution in [-0.4, -0.2) is 21.2 Å². The molecular formula is C16H18N2O3S. The maximum absolute atomic E-state index is 12.1. The molecule has 0 aliphatic carbocycles. The van der Waals surface area contributed by atoms with Crippen molar-refractivity contribution < 1.29 is 13.2 Å². The van der Waals surface area contributed by atoms with Gasteiger partial charge in [-0.2, -0.15) is 18.4 Å². The van der Waals surface area contributed by atoms with Crippen molar-refractivity contribution in [3.8, 4) is 5.75 Å². The second-order valence-electron chi connectivity index (χ2n) is 4.55. The molecule has 0 saturated carbocycles. The lowest BCUT2D eigenvalue weighted by Crippen LogP contribution is -2.20. The van der Waals surface area contributed by atoms with Crippen LogP contribution in [0.1, 0.15) is 18.9 Å². The van der Waals surface area contributed by atoms with Gasteiger partial charge in [-0.25, -0.2) is 0 Å². The van der Waals surface area contributed by atoms with Gasteiger partial charge in [0.2, 0.25) is 0 Å². The number of ether oxygens (including phenoxy) is 1. The number of rotatable bonds is 6. The molecule has 0 spiro atoms. The van der Waals surface area contributed by atoms with E-state index >= 15 is 0 Å². The smallest absolute Gasteiger partial charge is 0.276 e. The van der Waals surface area contributed by atoms with Crippen molar-refractivity contribution in [3.63, 3.8) is 0 Å². The Labute approximate surface area is 130 Å². The number of nitrogens with one attached hydrogen (secondary N) is 1. The molecule has 116 valence electrons. The highest BCUT2D eigenvalue weighted by Crippen LogP contribution is 2.13. The molecule has 0 fully saturated rings. The summed E-state index contributed by atoms with van der Waals surface area (Å²) in [5.74, 6) is 0.740. The highest BCUT2D eigenvalue weighted by molar-refractivity contribution is 7.89. The zero-order chi connectivity index (χ0) is 16.0. The van der Waals surface area contributed by atoms with E-state index in [0.29, 0.717) is 12.1 Å². The van der Waals surface area contributed by atoms with Crippen LogP contribution in [0, 0.1) is 0 Å². The summed E-state index contributed by atoms with van der Waals surface area (Å²) in [6.45, 7) is 1.92. The van der Waals surface area contributed by atoms with E-state index in [1.54, 1.807) is 25.3 Å². The number of hydrazone groups is 1. The molecular weight excluding hydrogens is 300 g/mol. The summed E-state index contributed by atoms with van der Waals surface area (Å²) in [5, 5.41) is 4.05. The van der Waals surface area contributed by atoms with Crippen LogP contribution in [0.4, 0.5) is 0 Å². The topological polar surface area (TPSA) is 67.8 Å². The number of sulfonamides is 1. The summed E-state index contributed by atoms with van der Waals surface area (Å²) >= 11 is 0. The molecule has 2 aromatic carbocycles. The van der Waals surface area contributed by atoms with Crippen LogP contribution in [0.3, 0.4) is 0 Å². The van der Waals surface area contributed by atoms with Crippen molar-refractivity contribution in [2.45, 2.75) is 18.2 Å². The average Bonchev–Trinajstić information content (AvgIpc) is 2.57. The normalized spacial score (nSPS) is 12.0. The summed E-state index contributed by atoms with van der Waals surface area (Å²) < 4.78 is 29.4. The van der Waals surface area contributed by atoms with Crippen LogP contribution in [0.5, 0.6) is 5.75 Å². The molecule has 1 N–H and O–H groups in total. The highest BCUT2D eigenvalue weighted by atomic mass is 32.2. The van der Waals surface area contributed by atoms with E-state index in [4.69, 9.17) is 4.74 Å². The van der Waals surface area contributed by atoms with Gasteiger partial charge >= 0.3 is 0 Å². The lowest BCUT2D eigenvalue weighted by atomic mass is 10.1. The van der Waals surface area contributed by atoms with Crippen LogP contribution in [0.15, 0.2) is 64.6 Å². The Morgan fingerprint density at radius 2 is 1.73 bits per heavy atom. The van der Waals surface area contributed by atoms with E-state index in [1.807, 2.05) is 31.2 Å². The van der Waals surface area contributed by atoms with Crippen LogP contribution in [0.25, 0.3) is 0 Å². The molecule has 0 heterocycles. The lowest BCUT2D eigenvalue weighted by molar-refractivity contribution is 0.415. The molecule has 0 saturated heterocycles. The van der Waals surface area contributed by atoms with Crippen molar-refractivity contribution in [1.82, 2.24) is 4.83 Å². The van der Waals surface area contributed by atoms with Crippen LogP contribution < -0.4 is 9.57 Å². The third-order valence-electron chi connectivity index (χ3n) is 3.11. The first-order valence-electron chi connectivity index (χ1n) is 6.84. The first-order chi connectivity index (χ1) is 10.6. The van der Waals surface area contributed by atoms with E-state index in [-0.39, 0.29) is 4.90 Å². The second-order valence-corrected chi connectivity index (χ2v) is 6.21. The molecule has 5 nitrogen and oxygen atoms in total. The third kappa shape index (κ3) is 3.85. The van der Waals surface area contributed by atoms with Crippen LogP contribution >= 0.6 is 0 Å². The molecule has 0 aromatic heterocycles. The van der Waals surface area contributed by atoms with Gasteiger partial charge in [0.05, 0.1) is 17.7 Å². The summed E-state index contributed by atoms with van der Waals surface area (Å²) in [4.78, 5) is 2.47. The fourth-order valence-corrected chi connectivity index (χ4v) is 2.75. The number of benzene rings is 2. The zero-order valence-corrected chi connectivity index (χ0v) is 13.3. The zero-order valence-electron chi connectivity index (χ0n) is 12.5. The summed E-state index contributed by atoms with van der Waals surface area (Å²) in [5.41, 5.74) is 1.50. The molecule has 0 amide bonds. The first-order valence-corrected chi connectivity index (χ1v) is 8.33. The number of methoxy groups -OCH3 is 1. The summed E-state index contributed by atoms with van der Waals surface area (Å²) in [7, 11) is -2.05. The third-order valence-corrected chi connectivity index (χ3v) is 4.34. The number of nitrogens with zero attached hydrogens (tertiary/aromatic N) is 1. The Kier molecular flexibility index (Phi) is 5.16. The number of hydrogen-bond acceptors (Lipinski definition) is 4. The first kappa shape index (κ1) is 16.0. The standard InChI is InChI=1S/C16H18N2O3S/c1-3-16(13-9-11-14(21-2)12-10-13)17-18-22(19,20)15-7-5-4-6-8-15/h4-12,18H,3H2,1-2H3/b17-16-. The van der Waals surface area contributed by atoms with Gasteiger partial charge in [0, 0.05) is 0 Å². The molecule has 0 radical (unpaired) electrons. The van der Waals surface area contributed by atoms with Gasteiger partial charge in [-0.3, -0.25) is 0 Å². The fourth-order valence-electron chi connectivity index (χ4n) is 1.90. The molecule has 2 rings (SSSR count). The largest absolute Gasteiger partial charge is 0.497 e. The maximum Gasteiger partial charge on any atom is 0.276 e. The Morgan fingerprint density at radius 3 is 2.27 bits per heavy atom. The molecule has 22 heavy (non-hydrogen) atoms. The van der Waals surface area contributed by atoms with Crippen molar-refractivity contribution >= 4 is 15.7 Å². The number of hydrogen-bond donors (Lipinski definition) is 1. The maximum atomic E-state index is 12.1. The summed E-state index contributed by atoms with van der Waals surface area (Å²) in [6, 6.07) is 15.5. The second kappa shape index (κ2) is 7.09. The minimum atomic E-state index is -3.65. The average molecular weight is 318 g/mol. The Hall–Kier alpha value is -2.34. The predicted molar refractivity (Wildman–Crippen MR) is 86.6 cm³/mol. The Morgan fingerprint density at radius 1 is 1.09 bits per heavy atom. The van der Waals surface area contributed by atoms with E-state index in [0.717, 1.165) is 11.3 Å². The molecule has 0 bridgehead atoms. The summed E-state index contributed by atoms with van der Waals surface area (Å²) in [6.07, 6.45) is 0.601. The Balaban J connectivity index is 2.22. The molecule has 0 atom stereocenters. The van der Waals surface area contributed by atoms with E-state index in [1.165, 1.54) is 12.1 Å². The van der Waals surface area contributed by atoms with Gasteiger partial charge in [0.15, 0.2) is 0 Å². The molecule has 6 heteroatoms. The quantitative estimate of drug-likeness (QED) is 0.658. The van der Waals surface area contributed by atoms with Gasteiger partial charge in [-0.05, 0) is 48.4 Å². The van der Waals surface area contributed by atoms with Gasteiger partial charge in [0.25, 0.3) is 10.0 Å².